The third kappa shape index (κ3) is 2.18. The van der Waals surface area contributed by atoms with Crippen molar-refractivity contribution in [2.24, 2.45) is 0 Å². The normalized spacial score (nSPS) is 16.6. The quantitative estimate of drug-likeness (QED) is 0.799. The molecule has 0 amide bonds. The van der Waals surface area contributed by atoms with Gasteiger partial charge < -0.3 is 9.47 Å². The highest BCUT2D eigenvalue weighted by Crippen LogP contribution is 2.37. The molecule has 100 valence electrons. The molecule has 3 nitrogen and oxygen atoms in total. The van der Waals surface area contributed by atoms with E-state index in [0.717, 1.165) is 28.9 Å². The summed E-state index contributed by atoms with van der Waals surface area (Å²) in [6.07, 6.45) is 2.35. The minimum absolute atomic E-state index is 0.352. The van der Waals surface area contributed by atoms with Gasteiger partial charge >= 0.3 is 0 Å². The van der Waals surface area contributed by atoms with Crippen molar-refractivity contribution in [2.75, 3.05) is 7.11 Å². The monoisotopic (exact) mass is 266 g/mol. The fraction of sp³-hybridized carbons (Fsp3) is 0.118. The van der Waals surface area contributed by atoms with Gasteiger partial charge in [-0.1, -0.05) is 30.3 Å². The number of hydrogen-bond donors (Lipinski definition) is 0. The number of carbonyl (C=O) groups excluding carboxylic acids is 1. The van der Waals surface area contributed by atoms with Gasteiger partial charge in [0, 0.05) is 11.1 Å². The van der Waals surface area contributed by atoms with Crippen LogP contribution in [0, 0.1) is 0 Å². The number of ether oxygens (including phenoxy) is 2. The Labute approximate surface area is 117 Å². The van der Waals surface area contributed by atoms with Crippen molar-refractivity contribution in [1.82, 2.24) is 0 Å². The van der Waals surface area contributed by atoms with E-state index in [2.05, 4.69) is 0 Å². The Morgan fingerprint density at radius 3 is 2.65 bits per heavy atom. The second-order valence-electron chi connectivity index (χ2n) is 4.57. The molecule has 1 aliphatic rings. The van der Waals surface area contributed by atoms with Gasteiger partial charge in [-0.05, 0) is 29.8 Å². The molecule has 0 bridgehead atoms. The van der Waals surface area contributed by atoms with Crippen LogP contribution in [0.25, 0.3) is 6.08 Å². The van der Waals surface area contributed by atoms with Gasteiger partial charge in [0.2, 0.25) is 0 Å². The molecule has 0 spiro atoms. The molecule has 0 fully saturated rings. The van der Waals surface area contributed by atoms with Gasteiger partial charge in [-0.2, -0.15) is 0 Å². The molecule has 0 saturated carbocycles. The highest BCUT2D eigenvalue weighted by molar-refractivity contribution is 5.86. The maximum Gasteiger partial charge on any atom is 0.152 e. The Morgan fingerprint density at radius 2 is 1.95 bits per heavy atom. The molecule has 0 aromatic heterocycles. The number of methoxy groups -OCH3 is 1. The predicted octanol–water partition coefficient (Wildman–Crippen LogP) is 3.41. The molecule has 0 N–H and O–H groups in total. The van der Waals surface area contributed by atoms with Crippen molar-refractivity contribution in [3.05, 3.63) is 65.2 Å². The van der Waals surface area contributed by atoms with E-state index in [-0.39, 0.29) is 6.10 Å². The Bertz CT molecular complexity index is 659. The van der Waals surface area contributed by atoms with E-state index in [1.165, 1.54) is 0 Å². The first-order valence-electron chi connectivity index (χ1n) is 6.38. The fourth-order valence-corrected chi connectivity index (χ4v) is 2.31. The summed E-state index contributed by atoms with van der Waals surface area (Å²) >= 11 is 0. The minimum Gasteiger partial charge on any atom is -0.497 e. The van der Waals surface area contributed by atoms with Crippen molar-refractivity contribution in [3.63, 3.8) is 0 Å². The van der Waals surface area contributed by atoms with Crippen molar-refractivity contribution >= 4 is 12.4 Å². The average Bonchev–Trinajstić information content (AvgIpc) is 2.53. The van der Waals surface area contributed by atoms with E-state index in [9.17, 15) is 4.79 Å². The Kier molecular flexibility index (Phi) is 3.25. The van der Waals surface area contributed by atoms with Crippen molar-refractivity contribution < 1.29 is 14.3 Å². The molecule has 1 heterocycles. The first kappa shape index (κ1) is 12.5. The second-order valence-corrected chi connectivity index (χ2v) is 4.57. The fourth-order valence-electron chi connectivity index (χ4n) is 2.31. The van der Waals surface area contributed by atoms with Crippen molar-refractivity contribution in [2.45, 2.75) is 6.10 Å². The number of rotatable bonds is 3. The zero-order chi connectivity index (χ0) is 13.9. The maximum atomic E-state index is 11.3. The molecule has 3 rings (SSSR count). The van der Waals surface area contributed by atoms with Crippen LogP contribution in [0.1, 0.15) is 17.2 Å². The largest absolute Gasteiger partial charge is 0.497 e. The number of aldehydes is 1. The lowest BCUT2D eigenvalue weighted by Crippen LogP contribution is -2.15. The molecule has 0 saturated heterocycles. The third-order valence-corrected chi connectivity index (χ3v) is 3.33. The van der Waals surface area contributed by atoms with Crippen LogP contribution in [0.5, 0.6) is 11.5 Å². The molecule has 2 aromatic carbocycles. The summed E-state index contributed by atoms with van der Waals surface area (Å²) in [5, 5.41) is 0. The number of hydrogen-bond acceptors (Lipinski definition) is 3. The molecule has 1 aliphatic heterocycles. The summed E-state index contributed by atoms with van der Waals surface area (Å²) in [6.45, 7) is 0. The van der Waals surface area contributed by atoms with Crippen LogP contribution in [0.3, 0.4) is 0 Å². The van der Waals surface area contributed by atoms with Crippen LogP contribution in [0.15, 0.2) is 54.1 Å². The molecule has 1 unspecified atom stereocenters. The van der Waals surface area contributed by atoms with E-state index in [1.807, 2.05) is 54.6 Å². The lowest BCUT2D eigenvalue weighted by Gasteiger charge is -2.25. The Morgan fingerprint density at radius 1 is 1.15 bits per heavy atom. The third-order valence-electron chi connectivity index (χ3n) is 3.33. The Balaban J connectivity index is 2.04. The SMILES string of the molecule is COc1ccc2c(c1)C=C(C=O)C(c1ccccc1)O2. The summed E-state index contributed by atoms with van der Waals surface area (Å²) in [7, 11) is 1.61. The van der Waals surface area contributed by atoms with Gasteiger partial charge in [0.15, 0.2) is 6.10 Å². The first-order chi connectivity index (χ1) is 9.81. The summed E-state index contributed by atoms with van der Waals surface area (Å²) in [5.41, 5.74) is 2.43. The summed E-state index contributed by atoms with van der Waals surface area (Å²) < 4.78 is 11.2. The second kappa shape index (κ2) is 5.21. The molecule has 0 aliphatic carbocycles. The molecule has 2 aromatic rings. The van der Waals surface area contributed by atoms with Gasteiger partial charge in [-0.15, -0.1) is 0 Å². The molecular weight excluding hydrogens is 252 g/mol. The van der Waals surface area contributed by atoms with Crippen LogP contribution in [0.4, 0.5) is 0 Å². The topological polar surface area (TPSA) is 35.5 Å². The molecular formula is C17H14O3. The van der Waals surface area contributed by atoms with E-state index >= 15 is 0 Å². The predicted molar refractivity (Wildman–Crippen MR) is 76.8 cm³/mol. The average molecular weight is 266 g/mol. The van der Waals surface area contributed by atoms with E-state index in [1.54, 1.807) is 7.11 Å². The van der Waals surface area contributed by atoms with Crippen molar-refractivity contribution in [1.29, 1.82) is 0 Å². The Hall–Kier alpha value is -2.55. The van der Waals surface area contributed by atoms with Crippen LogP contribution in [0.2, 0.25) is 0 Å². The van der Waals surface area contributed by atoms with Crippen LogP contribution in [-0.2, 0) is 4.79 Å². The van der Waals surface area contributed by atoms with Gasteiger partial charge in [0.05, 0.1) is 7.11 Å². The molecule has 0 radical (unpaired) electrons. The molecule has 20 heavy (non-hydrogen) atoms. The summed E-state index contributed by atoms with van der Waals surface area (Å²) in [4.78, 5) is 11.3. The van der Waals surface area contributed by atoms with Gasteiger partial charge in [-0.25, -0.2) is 0 Å². The zero-order valence-corrected chi connectivity index (χ0v) is 11.1. The number of carbonyl (C=O) groups is 1. The lowest BCUT2D eigenvalue weighted by atomic mass is 9.97. The lowest BCUT2D eigenvalue weighted by molar-refractivity contribution is -0.105. The van der Waals surface area contributed by atoms with Gasteiger partial charge in [-0.3, -0.25) is 4.79 Å². The van der Waals surface area contributed by atoms with Gasteiger partial charge in [0.25, 0.3) is 0 Å². The van der Waals surface area contributed by atoms with E-state index in [0.29, 0.717) is 5.57 Å². The van der Waals surface area contributed by atoms with E-state index < -0.39 is 0 Å². The maximum absolute atomic E-state index is 11.3. The highest BCUT2D eigenvalue weighted by Gasteiger charge is 2.24. The smallest absolute Gasteiger partial charge is 0.152 e. The first-order valence-corrected chi connectivity index (χ1v) is 6.38. The van der Waals surface area contributed by atoms with Gasteiger partial charge in [0.1, 0.15) is 17.8 Å². The number of benzene rings is 2. The van der Waals surface area contributed by atoms with Crippen LogP contribution in [-0.4, -0.2) is 13.4 Å². The zero-order valence-electron chi connectivity index (χ0n) is 11.1. The molecule has 3 heteroatoms. The summed E-state index contributed by atoms with van der Waals surface area (Å²) in [5.74, 6) is 1.50. The summed E-state index contributed by atoms with van der Waals surface area (Å²) in [6, 6.07) is 15.3. The van der Waals surface area contributed by atoms with E-state index in [4.69, 9.17) is 9.47 Å². The number of fused-ring (bicyclic) bond motifs is 1. The molecule has 1 atom stereocenters. The highest BCUT2D eigenvalue weighted by atomic mass is 16.5. The van der Waals surface area contributed by atoms with Crippen LogP contribution >= 0.6 is 0 Å². The minimum atomic E-state index is -0.352. The standard InChI is InChI=1S/C17H14O3/c1-19-15-7-8-16-13(10-15)9-14(11-18)17(20-16)12-5-3-2-4-6-12/h2-11,17H,1H3. The van der Waals surface area contributed by atoms with Crippen molar-refractivity contribution in [3.8, 4) is 11.5 Å². The van der Waals surface area contributed by atoms with Crippen LogP contribution < -0.4 is 9.47 Å².